The smallest absolute Gasteiger partial charge is 0.223 e. The molecule has 0 spiro atoms. The van der Waals surface area contributed by atoms with Crippen molar-refractivity contribution in [2.75, 3.05) is 13.6 Å². The normalized spacial score (nSPS) is 12.2. The van der Waals surface area contributed by atoms with E-state index >= 15 is 0 Å². The second-order valence-corrected chi connectivity index (χ2v) is 4.27. The molecule has 1 amide bonds. The molecule has 0 fully saturated rings. The van der Waals surface area contributed by atoms with Gasteiger partial charge in [0.15, 0.2) is 5.96 Å². The summed E-state index contributed by atoms with van der Waals surface area (Å²) in [7, 11) is 1.68. The Kier molecular flexibility index (Phi) is 7.33. The number of unbranched alkanes of at least 4 members (excludes halogenated alkanes) is 1. The third-order valence-corrected chi connectivity index (χ3v) is 2.61. The molecule has 0 aromatic rings. The van der Waals surface area contributed by atoms with E-state index in [-0.39, 0.29) is 17.8 Å². The van der Waals surface area contributed by atoms with E-state index in [0.717, 1.165) is 19.3 Å². The zero-order valence-electron chi connectivity index (χ0n) is 10.5. The monoisotopic (exact) mass is 228 g/mol. The Balaban J connectivity index is 3.86. The van der Waals surface area contributed by atoms with E-state index in [1.54, 1.807) is 7.05 Å². The summed E-state index contributed by atoms with van der Waals surface area (Å²) < 4.78 is 0. The Morgan fingerprint density at radius 1 is 1.31 bits per heavy atom. The van der Waals surface area contributed by atoms with Crippen molar-refractivity contribution in [2.45, 2.75) is 33.1 Å². The topological polar surface area (TPSA) is 93.5 Å². The first-order valence-electron chi connectivity index (χ1n) is 5.76. The molecule has 0 aromatic carbocycles. The number of nitrogens with zero attached hydrogens (tertiary/aromatic N) is 1. The minimum atomic E-state index is 0.0872. The third-order valence-electron chi connectivity index (χ3n) is 2.61. The predicted molar refractivity (Wildman–Crippen MR) is 66.9 cm³/mol. The lowest BCUT2D eigenvalue weighted by atomic mass is 9.90. The van der Waals surface area contributed by atoms with Gasteiger partial charge in [-0.05, 0) is 18.8 Å². The number of hydrogen-bond acceptors (Lipinski definition) is 2. The number of aliphatic imine (C=N–C) groups is 1. The second kappa shape index (κ2) is 7.96. The van der Waals surface area contributed by atoms with Crippen LogP contribution in [-0.4, -0.2) is 25.5 Å². The first kappa shape index (κ1) is 14.7. The minimum Gasteiger partial charge on any atom is -0.370 e. The number of nitrogens with one attached hydrogen (secondary N) is 1. The molecule has 0 aromatic heterocycles. The van der Waals surface area contributed by atoms with Crippen LogP contribution in [0.3, 0.4) is 0 Å². The maximum absolute atomic E-state index is 11.5. The fourth-order valence-corrected chi connectivity index (χ4v) is 1.64. The molecule has 0 unspecified atom stereocenters. The third kappa shape index (κ3) is 6.27. The number of amides is 1. The molecule has 1 atom stereocenters. The summed E-state index contributed by atoms with van der Waals surface area (Å²) in [5, 5.41) is 2.70. The van der Waals surface area contributed by atoms with Crippen LogP contribution < -0.4 is 16.8 Å². The summed E-state index contributed by atoms with van der Waals surface area (Å²) in [6, 6.07) is 0. The van der Waals surface area contributed by atoms with Gasteiger partial charge in [-0.3, -0.25) is 9.79 Å². The van der Waals surface area contributed by atoms with Gasteiger partial charge in [-0.25, -0.2) is 0 Å². The summed E-state index contributed by atoms with van der Waals surface area (Å²) in [5.41, 5.74) is 10.4. The van der Waals surface area contributed by atoms with E-state index in [1.807, 2.05) is 0 Å². The van der Waals surface area contributed by atoms with Crippen molar-refractivity contribution in [3.05, 3.63) is 0 Å². The van der Waals surface area contributed by atoms with Crippen LogP contribution in [0.25, 0.3) is 0 Å². The molecule has 0 bridgehead atoms. The number of carbonyl (C=O) groups excluding carboxylic acids is 1. The summed E-state index contributed by atoms with van der Waals surface area (Å²) >= 11 is 0. The largest absolute Gasteiger partial charge is 0.370 e. The molecule has 5 heteroatoms. The van der Waals surface area contributed by atoms with Gasteiger partial charge in [0, 0.05) is 19.5 Å². The van der Waals surface area contributed by atoms with Crippen molar-refractivity contribution in [3.63, 3.8) is 0 Å². The molecule has 0 aliphatic heterocycles. The minimum absolute atomic E-state index is 0.0872. The van der Waals surface area contributed by atoms with Gasteiger partial charge >= 0.3 is 0 Å². The molecule has 0 aliphatic carbocycles. The number of carbonyl (C=O) groups is 1. The zero-order chi connectivity index (χ0) is 12.6. The summed E-state index contributed by atoms with van der Waals surface area (Å²) in [5.74, 6) is 0.704. The lowest BCUT2D eigenvalue weighted by molar-refractivity contribution is -0.126. The van der Waals surface area contributed by atoms with Crippen molar-refractivity contribution < 1.29 is 4.79 Å². The zero-order valence-corrected chi connectivity index (χ0v) is 10.5. The van der Waals surface area contributed by atoms with Crippen molar-refractivity contribution in [3.8, 4) is 0 Å². The fraction of sp³-hybridized carbons (Fsp3) is 0.818. The van der Waals surface area contributed by atoms with Crippen LogP contribution in [0.15, 0.2) is 4.99 Å². The Hall–Kier alpha value is -1.26. The fourth-order valence-electron chi connectivity index (χ4n) is 1.64. The Labute approximate surface area is 97.7 Å². The van der Waals surface area contributed by atoms with Gasteiger partial charge in [0.2, 0.25) is 5.91 Å². The first-order chi connectivity index (χ1) is 7.49. The quantitative estimate of drug-likeness (QED) is 0.335. The van der Waals surface area contributed by atoms with E-state index in [4.69, 9.17) is 11.5 Å². The molecule has 0 aliphatic rings. The molecular formula is C11H24N4O. The molecule has 0 radical (unpaired) electrons. The van der Waals surface area contributed by atoms with Crippen LogP contribution in [0.5, 0.6) is 0 Å². The van der Waals surface area contributed by atoms with E-state index in [9.17, 15) is 4.79 Å². The van der Waals surface area contributed by atoms with Crippen LogP contribution in [0.1, 0.15) is 33.1 Å². The molecular weight excluding hydrogens is 204 g/mol. The highest BCUT2D eigenvalue weighted by molar-refractivity contribution is 5.78. The van der Waals surface area contributed by atoms with Gasteiger partial charge in [0.05, 0.1) is 0 Å². The van der Waals surface area contributed by atoms with Gasteiger partial charge in [0.1, 0.15) is 0 Å². The Morgan fingerprint density at radius 3 is 2.38 bits per heavy atom. The van der Waals surface area contributed by atoms with E-state index in [0.29, 0.717) is 12.5 Å². The van der Waals surface area contributed by atoms with Crippen LogP contribution in [0, 0.1) is 11.8 Å². The second-order valence-electron chi connectivity index (χ2n) is 4.27. The maximum Gasteiger partial charge on any atom is 0.223 e. The Morgan fingerprint density at radius 2 is 1.94 bits per heavy atom. The summed E-state index contributed by atoms with van der Waals surface area (Å²) in [6.07, 6.45) is 2.77. The molecule has 5 nitrogen and oxygen atoms in total. The highest BCUT2D eigenvalue weighted by Gasteiger charge is 2.19. The molecule has 0 rings (SSSR count). The van der Waals surface area contributed by atoms with Crippen LogP contribution in [0.2, 0.25) is 0 Å². The van der Waals surface area contributed by atoms with Gasteiger partial charge in [-0.15, -0.1) is 0 Å². The van der Waals surface area contributed by atoms with Crippen molar-refractivity contribution in [2.24, 2.45) is 28.3 Å². The molecule has 94 valence electrons. The van der Waals surface area contributed by atoms with Gasteiger partial charge in [-0.1, -0.05) is 20.3 Å². The highest BCUT2D eigenvalue weighted by Crippen LogP contribution is 2.18. The maximum atomic E-state index is 11.5. The molecule has 0 heterocycles. The standard InChI is InChI=1S/C11H24N4O/c1-8(2)9(10(16)14-3)6-4-5-7-15-11(12)13/h8-9H,4-7H2,1-3H3,(H,14,16)(H4,12,13,15)/t9-/m1/s1. The molecule has 0 saturated heterocycles. The Bertz CT molecular complexity index is 234. The number of hydrogen-bond donors (Lipinski definition) is 3. The average molecular weight is 228 g/mol. The van der Waals surface area contributed by atoms with Gasteiger partial charge in [0.25, 0.3) is 0 Å². The van der Waals surface area contributed by atoms with E-state index < -0.39 is 0 Å². The SMILES string of the molecule is CNC(=O)[C@H](CCCCN=C(N)N)C(C)C. The first-order valence-corrected chi connectivity index (χ1v) is 5.76. The average Bonchev–Trinajstić information content (AvgIpc) is 2.21. The van der Waals surface area contributed by atoms with Gasteiger partial charge in [-0.2, -0.15) is 0 Å². The molecule has 16 heavy (non-hydrogen) atoms. The summed E-state index contributed by atoms with van der Waals surface area (Å²) in [6.45, 7) is 4.77. The van der Waals surface area contributed by atoms with E-state index in [2.05, 4.69) is 24.2 Å². The van der Waals surface area contributed by atoms with Crippen molar-refractivity contribution >= 4 is 11.9 Å². The van der Waals surface area contributed by atoms with E-state index in [1.165, 1.54) is 0 Å². The van der Waals surface area contributed by atoms with Gasteiger partial charge < -0.3 is 16.8 Å². The molecule has 5 N–H and O–H groups in total. The number of nitrogens with two attached hydrogens (primary N) is 2. The lowest BCUT2D eigenvalue weighted by Gasteiger charge is -2.18. The predicted octanol–water partition coefficient (Wildman–Crippen LogP) is 0.448. The van der Waals surface area contributed by atoms with Crippen LogP contribution >= 0.6 is 0 Å². The van der Waals surface area contributed by atoms with Crippen molar-refractivity contribution in [1.82, 2.24) is 5.32 Å². The van der Waals surface area contributed by atoms with Crippen LogP contribution in [-0.2, 0) is 4.79 Å². The highest BCUT2D eigenvalue weighted by atomic mass is 16.1. The lowest BCUT2D eigenvalue weighted by Crippen LogP contribution is -2.30. The van der Waals surface area contributed by atoms with Crippen LogP contribution in [0.4, 0.5) is 0 Å². The number of rotatable bonds is 7. The molecule has 0 saturated carbocycles. The van der Waals surface area contributed by atoms with Crippen molar-refractivity contribution in [1.29, 1.82) is 0 Å². The number of guanidine groups is 1. The summed E-state index contributed by atoms with van der Waals surface area (Å²) in [4.78, 5) is 15.4.